The molecule has 0 radical (unpaired) electrons. The van der Waals surface area contributed by atoms with Crippen LogP contribution in [0, 0.1) is 13.8 Å². The van der Waals surface area contributed by atoms with E-state index in [1.807, 2.05) is 38.1 Å². The van der Waals surface area contributed by atoms with Gasteiger partial charge in [-0.2, -0.15) is 0 Å². The van der Waals surface area contributed by atoms with E-state index in [2.05, 4.69) is 10.6 Å². The molecule has 178 valence electrons. The number of alkyl carbamates (subject to hydrolysis) is 1. The SMILES string of the molecule is Cc1cccc(C)c1NC(=O)C(c1ccccc1)N(CCO)C(=O)CNC(=O)OC(C)(C)C. The van der Waals surface area contributed by atoms with Gasteiger partial charge in [0.25, 0.3) is 5.91 Å². The van der Waals surface area contributed by atoms with Crippen molar-refractivity contribution in [3.63, 3.8) is 0 Å². The summed E-state index contributed by atoms with van der Waals surface area (Å²) in [7, 11) is 0. The normalized spacial score (nSPS) is 11.9. The smallest absolute Gasteiger partial charge is 0.408 e. The van der Waals surface area contributed by atoms with Crippen LogP contribution in [0.4, 0.5) is 10.5 Å². The van der Waals surface area contributed by atoms with Gasteiger partial charge in [0, 0.05) is 12.2 Å². The lowest BCUT2D eigenvalue weighted by Gasteiger charge is -2.31. The molecule has 8 nitrogen and oxygen atoms in total. The van der Waals surface area contributed by atoms with Gasteiger partial charge in [-0.25, -0.2) is 4.79 Å². The highest BCUT2D eigenvalue weighted by atomic mass is 16.6. The van der Waals surface area contributed by atoms with E-state index in [0.717, 1.165) is 11.1 Å². The maximum Gasteiger partial charge on any atom is 0.408 e. The lowest BCUT2D eigenvalue weighted by atomic mass is 10.0. The van der Waals surface area contributed by atoms with Gasteiger partial charge in [0.1, 0.15) is 18.2 Å². The molecular weight excluding hydrogens is 422 g/mol. The number of anilines is 1. The number of benzene rings is 2. The highest BCUT2D eigenvalue weighted by molar-refractivity contribution is 5.99. The first-order valence-electron chi connectivity index (χ1n) is 10.8. The number of nitrogens with zero attached hydrogens (tertiary/aromatic N) is 1. The summed E-state index contributed by atoms with van der Waals surface area (Å²) < 4.78 is 5.18. The monoisotopic (exact) mass is 455 g/mol. The van der Waals surface area contributed by atoms with Crippen LogP contribution in [0.2, 0.25) is 0 Å². The molecule has 1 unspecified atom stereocenters. The number of aryl methyl sites for hydroxylation is 2. The first-order chi connectivity index (χ1) is 15.5. The Hall–Kier alpha value is -3.39. The van der Waals surface area contributed by atoms with Crippen LogP contribution in [0.15, 0.2) is 48.5 Å². The van der Waals surface area contributed by atoms with E-state index < -0.39 is 29.6 Å². The highest BCUT2D eigenvalue weighted by Gasteiger charge is 2.32. The zero-order valence-corrected chi connectivity index (χ0v) is 19.8. The van der Waals surface area contributed by atoms with Gasteiger partial charge in [-0.15, -0.1) is 0 Å². The van der Waals surface area contributed by atoms with Gasteiger partial charge < -0.3 is 25.4 Å². The first kappa shape index (κ1) is 25.9. The summed E-state index contributed by atoms with van der Waals surface area (Å²) in [4.78, 5) is 39.8. The molecule has 0 saturated heterocycles. The fraction of sp³-hybridized carbons (Fsp3) is 0.400. The Bertz CT molecular complexity index is 950. The van der Waals surface area contributed by atoms with Crippen molar-refractivity contribution >= 4 is 23.6 Å². The number of para-hydroxylation sites is 1. The standard InChI is InChI=1S/C25H33N3O5/c1-17-10-9-11-18(2)21(17)27-23(31)22(19-12-7-6-8-13-19)28(14-15-29)20(30)16-26-24(32)33-25(3,4)5/h6-13,22,29H,14-16H2,1-5H3,(H,26,32)(H,27,31). The van der Waals surface area contributed by atoms with Crippen molar-refractivity contribution in [2.75, 3.05) is 25.0 Å². The van der Waals surface area contributed by atoms with Crippen molar-refractivity contribution in [3.05, 3.63) is 65.2 Å². The van der Waals surface area contributed by atoms with E-state index in [0.29, 0.717) is 11.3 Å². The van der Waals surface area contributed by atoms with E-state index in [4.69, 9.17) is 4.74 Å². The Labute approximate surface area is 194 Å². The fourth-order valence-corrected chi connectivity index (χ4v) is 3.38. The molecular formula is C25H33N3O5. The van der Waals surface area contributed by atoms with Gasteiger partial charge in [-0.3, -0.25) is 9.59 Å². The molecule has 1 atom stereocenters. The number of hydrogen-bond donors (Lipinski definition) is 3. The number of rotatable bonds is 8. The molecule has 0 aliphatic rings. The number of hydrogen-bond acceptors (Lipinski definition) is 5. The number of carbonyl (C=O) groups excluding carboxylic acids is 3. The Balaban J connectivity index is 2.31. The summed E-state index contributed by atoms with van der Waals surface area (Å²) in [6, 6.07) is 13.5. The van der Waals surface area contributed by atoms with Crippen LogP contribution in [0.5, 0.6) is 0 Å². The van der Waals surface area contributed by atoms with Crippen LogP contribution in [-0.4, -0.2) is 53.2 Å². The van der Waals surface area contributed by atoms with Crippen LogP contribution >= 0.6 is 0 Å². The van der Waals surface area contributed by atoms with Gasteiger partial charge in [0.2, 0.25) is 5.91 Å². The van der Waals surface area contributed by atoms with Gasteiger partial charge in [-0.1, -0.05) is 48.5 Å². The van der Waals surface area contributed by atoms with Crippen LogP contribution in [-0.2, 0) is 14.3 Å². The predicted octanol–water partition coefficient (Wildman–Crippen LogP) is 3.33. The maximum atomic E-state index is 13.5. The van der Waals surface area contributed by atoms with Crippen LogP contribution in [0.1, 0.15) is 43.5 Å². The average Bonchev–Trinajstić information content (AvgIpc) is 2.74. The molecule has 33 heavy (non-hydrogen) atoms. The third kappa shape index (κ3) is 7.61. The summed E-state index contributed by atoms with van der Waals surface area (Å²) in [5.74, 6) is -0.946. The topological polar surface area (TPSA) is 108 Å². The second-order valence-corrected chi connectivity index (χ2v) is 8.74. The summed E-state index contributed by atoms with van der Waals surface area (Å²) >= 11 is 0. The fourth-order valence-electron chi connectivity index (χ4n) is 3.38. The van der Waals surface area contributed by atoms with Crippen molar-refractivity contribution < 1.29 is 24.2 Å². The number of nitrogens with one attached hydrogen (secondary N) is 2. The number of aliphatic hydroxyl groups is 1. The molecule has 3 amide bonds. The molecule has 8 heteroatoms. The summed E-state index contributed by atoms with van der Waals surface area (Å²) in [5, 5.41) is 15.0. The molecule has 0 heterocycles. The van der Waals surface area contributed by atoms with Crippen molar-refractivity contribution in [2.24, 2.45) is 0 Å². The predicted molar refractivity (Wildman–Crippen MR) is 127 cm³/mol. The van der Waals surface area contributed by atoms with Gasteiger partial charge >= 0.3 is 6.09 Å². The van der Waals surface area contributed by atoms with Crippen LogP contribution in [0.3, 0.4) is 0 Å². The van der Waals surface area contributed by atoms with E-state index in [1.165, 1.54) is 4.90 Å². The molecule has 0 aliphatic heterocycles. The Kier molecular flexibility index (Phi) is 8.99. The van der Waals surface area contributed by atoms with Gasteiger partial charge in [0.15, 0.2) is 0 Å². The summed E-state index contributed by atoms with van der Waals surface area (Å²) in [6.45, 7) is 8.12. The van der Waals surface area contributed by atoms with Gasteiger partial charge in [0.05, 0.1) is 6.61 Å². The number of ether oxygens (including phenoxy) is 1. The number of aliphatic hydroxyl groups excluding tert-OH is 1. The minimum atomic E-state index is -1.01. The van der Waals surface area contributed by atoms with Crippen molar-refractivity contribution in [3.8, 4) is 0 Å². The molecule has 0 bridgehead atoms. The van der Waals surface area contributed by atoms with E-state index in [1.54, 1.807) is 45.0 Å². The molecule has 0 fully saturated rings. The van der Waals surface area contributed by atoms with Crippen LogP contribution < -0.4 is 10.6 Å². The van der Waals surface area contributed by atoms with Gasteiger partial charge in [-0.05, 0) is 51.3 Å². The summed E-state index contributed by atoms with van der Waals surface area (Å²) in [5.41, 5.74) is 2.33. The molecule has 2 rings (SSSR count). The zero-order valence-electron chi connectivity index (χ0n) is 19.8. The Morgan fingerprint density at radius 3 is 2.15 bits per heavy atom. The van der Waals surface area contributed by atoms with E-state index in [-0.39, 0.29) is 19.7 Å². The van der Waals surface area contributed by atoms with Crippen LogP contribution in [0.25, 0.3) is 0 Å². The largest absolute Gasteiger partial charge is 0.444 e. The molecule has 0 aromatic heterocycles. The lowest BCUT2D eigenvalue weighted by molar-refractivity contribution is -0.138. The number of carbonyl (C=O) groups is 3. The molecule has 0 aliphatic carbocycles. The Morgan fingerprint density at radius 1 is 1.00 bits per heavy atom. The molecule has 0 saturated carbocycles. The first-order valence-corrected chi connectivity index (χ1v) is 10.8. The third-order valence-corrected chi connectivity index (χ3v) is 4.85. The molecule has 3 N–H and O–H groups in total. The third-order valence-electron chi connectivity index (χ3n) is 4.85. The molecule has 2 aromatic rings. The highest BCUT2D eigenvalue weighted by Crippen LogP contribution is 2.26. The average molecular weight is 456 g/mol. The van der Waals surface area contributed by atoms with Crippen molar-refractivity contribution in [1.82, 2.24) is 10.2 Å². The second-order valence-electron chi connectivity index (χ2n) is 8.74. The molecule has 2 aromatic carbocycles. The summed E-state index contributed by atoms with van der Waals surface area (Å²) in [6.07, 6.45) is -0.740. The van der Waals surface area contributed by atoms with Crippen molar-refractivity contribution in [1.29, 1.82) is 0 Å². The van der Waals surface area contributed by atoms with Crippen molar-refractivity contribution in [2.45, 2.75) is 46.3 Å². The van der Waals surface area contributed by atoms with E-state index >= 15 is 0 Å². The number of amides is 3. The quantitative estimate of drug-likeness (QED) is 0.566. The van der Waals surface area contributed by atoms with E-state index in [9.17, 15) is 19.5 Å². The minimum absolute atomic E-state index is 0.0887. The minimum Gasteiger partial charge on any atom is -0.444 e. The zero-order chi connectivity index (χ0) is 24.6. The lowest BCUT2D eigenvalue weighted by Crippen LogP contribution is -2.47. The maximum absolute atomic E-state index is 13.5. The molecule has 0 spiro atoms. The second kappa shape index (κ2) is 11.5. The Morgan fingerprint density at radius 2 is 1.61 bits per heavy atom.